The molecule has 0 atom stereocenters. The molecule has 0 aliphatic rings. The molecule has 0 aliphatic carbocycles. The van der Waals surface area contributed by atoms with Gasteiger partial charge in [0, 0.05) is 11.3 Å². The lowest BCUT2D eigenvalue weighted by molar-refractivity contribution is 1.38. The van der Waals surface area contributed by atoms with Crippen molar-refractivity contribution in [1.29, 1.82) is 0 Å². The van der Waals surface area contributed by atoms with Crippen LogP contribution in [0.4, 0.5) is 0 Å². The van der Waals surface area contributed by atoms with Crippen molar-refractivity contribution in [3.63, 3.8) is 0 Å². The molecule has 2 aromatic rings. The smallest absolute Gasteiger partial charge is 0.0426 e. The van der Waals surface area contributed by atoms with Gasteiger partial charge in [-0.3, -0.25) is 0 Å². The van der Waals surface area contributed by atoms with Crippen molar-refractivity contribution < 1.29 is 0 Å². The highest BCUT2D eigenvalue weighted by Gasteiger charge is 2.05. The summed E-state index contributed by atoms with van der Waals surface area (Å²) in [5.41, 5.74) is 11.7. The molecule has 0 amide bonds. The zero-order valence-electron chi connectivity index (χ0n) is 10.3. The highest BCUT2D eigenvalue weighted by Crippen LogP contribution is 2.23. The third-order valence-electron chi connectivity index (χ3n) is 3.05. The second-order valence-electron chi connectivity index (χ2n) is 4.22. The molecule has 0 fully saturated rings. The van der Waals surface area contributed by atoms with Crippen LogP contribution in [0.3, 0.4) is 0 Å². The molecule has 0 radical (unpaired) electrons. The summed E-state index contributed by atoms with van der Waals surface area (Å²) in [7, 11) is 0. The molecule has 1 nitrogen and oxygen atoms in total. The lowest BCUT2D eigenvalue weighted by Gasteiger charge is -2.10. The van der Waals surface area contributed by atoms with E-state index in [9.17, 15) is 0 Å². The maximum absolute atomic E-state index is 6.25. The summed E-state index contributed by atoms with van der Waals surface area (Å²) in [5, 5.41) is 0. The van der Waals surface area contributed by atoms with Gasteiger partial charge < -0.3 is 5.73 Å². The van der Waals surface area contributed by atoms with Crippen LogP contribution >= 0.6 is 0 Å². The van der Waals surface area contributed by atoms with E-state index in [2.05, 4.69) is 38.1 Å². The van der Waals surface area contributed by atoms with Gasteiger partial charge in [0.05, 0.1) is 0 Å². The molecule has 2 rings (SSSR count). The van der Waals surface area contributed by atoms with Crippen molar-refractivity contribution in [2.24, 2.45) is 5.73 Å². The van der Waals surface area contributed by atoms with Crippen LogP contribution in [-0.2, 0) is 0 Å². The molecular formula is C16H17N. The Balaban J connectivity index is 2.50. The molecule has 2 aromatic carbocycles. The highest BCUT2D eigenvalue weighted by molar-refractivity contribution is 5.88. The summed E-state index contributed by atoms with van der Waals surface area (Å²) in [6, 6.07) is 18.4. The quantitative estimate of drug-likeness (QED) is 0.769. The van der Waals surface area contributed by atoms with E-state index in [1.165, 1.54) is 11.1 Å². The fraction of sp³-hybridized carbons (Fsp3) is 0.125. The van der Waals surface area contributed by atoms with E-state index in [-0.39, 0.29) is 0 Å². The third-order valence-corrected chi connectivity index (χ3v) is 3.05. The van der Waals surface area contributed by atoms with Crippen LogP contribution in [-0.4, -0.2) is 0 Å². The minimum absolute atomic E-state index is 0.856. The fourth-order valence-electron chi connectivity index (χ4n) is 1.92. The van der Waals surface area contributed by atoms with E-state index >= 15 is 0 Å². The van der Waals surface area contributed by atoms with E-state index in [0.717, 1.165) is 16.8 Å². The fourth-order valence-corrected chi connectivity index (χ4v) is 1.92. The summed E-state index contributed by atoms with van der Waals surface area (Å²) in [5.74, 6) is 0. The van der Waals surface area contributed by atoms with Gasteiger partial charge in [0.2, 0.25) is 0 Å². The van der Waals surface area contributed by atoms with Crippen molar-refractivity contribution in [2.75, 3.05) is 0 Å². The maximum atomic E-state index is 6.25. The Bertz CT molecular complexity index is 538. The number of hydrogen-bond donors (Lipinski definition) is 1. The van der Waals surface area contributed by atoms with Crippen LogP contribution in [0.25, 0.3) is 11.3 Å². The molecule has 0 aliphatic heterocycles. The predicted molar refractivity (Wildman–Crippen MR) is 74.3 cm³/mol. The topological polar surface area (TPSA) is 26.0 Å². The zero-order valence-corrected chi connectivity index (χ0v) is 10.3. The molecule has 2 N–H and O–H groups in total. The van der Waals surface area contributed by atoms with Crippen molar-refractivity contribution in [1.82, 2.24) is 0 Å². The van der Waals surface area contributed by atoms with E-state index in [1.54, 1.807) is 0 Å². The van der Waals surface area contributed by atoms with Crippen molar-refractivity contribution in [3.8, 4) is 0 Å². The average Bonchev–Trinajstić information content (AvgIpc) is 2.39. The average molecular weight is 223 g/mol. The first kappa shape index (κ1) is 11.5. The van der Waals surface area contributed by atoms with Crippen LogP contribution in [0.5, 0.6) is 0 Å². The van der Waals surface area contributed by atoms with Crippen LogP contribution in [0, 0.1) is 6.92 Å². The Kier molecular flexibility index (Phi) is 3.29. The van der Waals surface area contributed by atoms with Crippen molar-refractivity contribution in [2.45, 2.75) is 13.8 Å². The summed E-state index contributed by atoms with van der Waals surface area (Å²) in [6.07, 6.45) is 0. The predicted octanol–water partition coefficient (Wildman–Crippen LogP) is 3.84. The minimum Gasteiger partial charge on any atom is -0.398 e. The molecule has 0 unspecified atom stereocenters. The third kappa shape index (κ3) is 2.39. The lowest BCUT2D eigenvalue weighted by atomic mass is 9.98. The Labute approximate surface area is 103 Å². The maximum Gasteiger partial charge on any atom is 0.0426 e. The van der Waals surface area contributed by atoms with Gasteiger partial charge >= 0.3 is 0 Å². The number of hydrogen-bond acceptors (Lipinski definition) is 1. The van der Waals surface area contributed by atoms with Gasteiger partial charge in [0.25, 0.3) is 0 Å². The Morgan fingerprint density at radius 2 is 1.47 bits per heavy atom. The summed E-state index contributed by atoms with van der Waals surface area (Å²) in [4.78, 5) is 0. The van der Waals surface area contributed by atoms with E-state index in [1.807, 2.05) is 30.3 Å². The first-order valence-corrected chi connectivity index (χ1v) is 5.78. The van der Waals surface area contributed by atoms with Gasteiger partial charge in [-0.1, -0.05) is 54.6 Å². The zero-order chi connectivity index (χ0) is 12.3. The Hall–Kier alpha value is -2.02. The molecule has 0 bridgehead atoms. The molecular weight excluding hydrogens is 206 g/mol. The number of aryl methyl sites for hydroxylation is 1. The van der Waals surface area contributed by atoms with E-state index < -0.39 is 0 Å². The molecule has 17 heavy (non-hydrogen) atoms. The molecule has 0 saturated carbocycles. The first-order chi connectivity index (χ1) is 8.20. The summed E-state index contributed by atoms with van der Waals surface area (Å²) >= 11 is 0. The largest absolute Gasteiger partial charge is 0.398 e. The molecule has 0 heterocycles. The molecule has 0 aromatic heterocycles. The van der Waals surface area contributed by atoms with Crippen LogP contribution in [0.1, 0.15) is 23.6 Å². The van der Waals surface area contributed by atoms with E-state index in [4.69, 9.17) is 5.73 Å². The number of allylic oxidation sites excluding steroid dienone is 1. The lowest BCUT2D eigenvalue weighted by Crippen LogP contribution is -2.01. The van der Waals surface area contributed by atoms with Gasteiger partial charge in [-0.2, -0.15) is 0 Å². The second kappa shape index (κ2) is 4.88. The van der Waals surface area contributed by atoms with Gasteiger partial charge in [-0.05, 0) is 30.5 Å². The minimum atomic E-state index is 0.856. The van der Waals surface area contributed by atoms with Crippen LogP contribution < -0.4 is 5.73 Å². The van der Waals surface area contributed by atoms with Crippen LogP contribution in [0.15, 0.2) is 54.6 Å². The molecule has 1 heteroatoms. The normalized spacial score (nSPS) is 12.1. The molecule has 0 saturated heterocycles. The SMILES string of the molecule is C/C(=C(/N)c1ccccc1C)c1ccccc1. The van der Waals surface area contributed by atoms with Gasteiger partial charge in [0.1, 0.15) is 0 Å². The van der Waals surface area contributed by atoms with Gasteiger partial charge in [-0.25, -0.2) is 0 Å². The monoisotopic (exact) mass is 223 g/mol. The van der Waals surface area contributed by atoms with Gasteiger partial charge in [-0.15, -0.1) is 0 Å². The highest BCUT2D eigenvalue weighted by atomic mass is 14.6. The number of rotatable bonds is 2. The molecule has 86 valence electrons. The summed E-state index contributed by atoms with van der Waals surface area (Å²) in [6.45, 7) is 4.15. The molecule has 0 spiro atoms. The van der Waals surface area contributed by atoms with Gasteiger partial charge in [0.15, 0.2) is 0 Å². The first-order valence-electron chi connectivity index (χ1n) is 5.78. The van der Waals surface area contributed by atoms with Crippen molar-refractivity contribution >= 4 is 11.3 Å². The Morgan fingerprint density at radius 1 is 0.882 bits per heavy atom. The van der Waals surface area contributed by atoms with Crippen LogP contribution in [0.2, 0.25) is 0 Å². The second-order valence-corrected chi connectivity index (χ2v) is 4.22. The van der Waals surface area contributed by atoms with E-state index in [0.29, 0.717) is 0 Å². The van der Waals surface area contributed by atoms with Crippen molar-refractivity contribution in [3.05, 3.63) is 71.3 Å². The number of nitrogens with two attached hydrogens (primary N) is 1. The summed E-state index contributed by atoms with van der Waals surface area (Å²) < 4.78 is 0. The standard InChI is InChI=1S/C16H17N/c1-12-8-6-7-11-15(12)16(17)13(2)14-9-4-3-5-10-14/h3-11H,17H2,1-2H3/b16-13-. The Morgan fingerprint density at radius 3 is 2.12 bits per heavy atom. The number of benzene rings is 2.